The van der Waals surface area contributed by atoms with Crippen molar-refractivity contribution in [2.45, 2.75) is 0 Å². The topological polar surface area (TPSA) is 46.0 Å². The van der Waals surface area contributed by atoms with Crippen LogP contribution in [0.15, 0.2) is 79.0 Å². The highest BCUT2D eigenvalue weighted by Gasteiger charge is 2.37. The Morgan fingerprint density at radius 3 is 2.57 bits per heavy atom. The average molecular weight is 413 g/mol. The van der Waals surface area contributed by atoms with Crippen LogP contribution in [0.25, 0.3) is 38.6 Å². The molecule has 0 radical (unpaired) electrons. The number of aromatic amines is 1. The Morgan fingerprint density at radius 2 is 1.70 bits per heavy atom. The molecule has 1 N–H and O–H groups in total. The number of nitrogens with one attached hydrogen (secondary N) is 1. The molecule has 0 fully saturated rings. The van der Waals surface area contributed by atoms with Crippen molar-refractivity contribution < 1.29 is 26.5 Å². The number of para-hydroxylation sites is 1. The standard InChI is InChI=1S/C25H16N2O2.ClH/c1-29-17-6-4-5-15(13-17)16-9-10-21-20(14-16)18-11-12-27-22-8-3-2-7-19(22)25(28)24(27)23(18)26-21;/h2-14H,1H3;1H. The van der Waals surface area contributed by atoms with Gasteiger partial charge in [0.15, 0.2) is 6.20 Å². The van der Waals surface area contributed by atoms with Gasteiger partial charge in [0.05, 0.1) is 7.11 Å². The minimum atomic E-state index is 0. The van der Waals surface area contributed by atoms with Crippen LogP contribution in [0.3, 0.4) is 0 Å². The lowest BCUT2D eigenvalue weighted by Gasteiger charge is -2.05. The number of benzene rings is 3. The summed E-state index contributed by atoms with van der Waals surface area (Å²) in [6.45, 7) is 0. The molecule has 30 heavy (non-hydrogen) atoms. The summed E-state index contributed by atoms with van der Waals surface area (Å²) in [7, 11) is 1.68. The van der Waals surface area contributed by atoms with Crippen molar-refractivity contribution in [1.82, 2.24) is 4.98 Å². The summed E-state index contributed by atoms with van der Waals surface area (Å²) in [6, 6.07) is 24.2. The van der Waals surface area contributed by atoms with Crippen LogP contribution in [0.1, 0.15) is 16.1 Å². The smallest absolute Gasteiger partial charge is 0.284 e. The van der Waals surface area contributed by atoms with Gasteiger partial charge in [0.1, 0.15) is 16.8 Å². The SMILES string of the molecule is COc1cccc(-c2ccc3[nH]c4c5[n+](ccc4c3c2)-c2ccccc2C5=O)c1.[Cl-]. The second kappa shape index (κ2) is 6.71. The summed E-state index contributed by atoms with van der Waals surface area (Å²) in [5.74, 6) is 0.893. The molecule has 3 heterocycles. The normalized spacial score (nSPS) is 12.0. The van der Waals surface area contributed by atoms with E-state index in [1.54, 1.807) is 7.11 Å². The van der Waals surface area contributed by atoms with Gasteiger partial charge in [-0.3, -0.25) is 4.79 Å². The number of rotatable bonds is 2. The van der Waals surface area contributed by atoms with E-state index in [0.29, 0.717) is 5.69 Å². The van der Waals surface area contributed by atoms with Crippen LogP contribution in [0.4, 0.5) is 0 Å². The Hall–Kier alpha value is -3.63. The first kappa shape index (κ1) is 18.4. The first-order valence-corrected chi connectivity index (χ1v) is 9.53. The largest absolute Gasteiger partial charge is 1.00 e. The number of halogens is 1. The number of hydrogen-bond donors (Lipinski definition) is 1. The highest BCUT2D eigenvalue weighted by atomic mass is 35.5. The molecular formula is C25H17ClN2O2. The summed E-state index contributed by atoms with van der Waals surface area (Å²) >= 11 is 0. The fraction of sp³-hybridized carbons (Fsp3) is 0.0400. The van der Waals surface area contributed by atoms with Gasteiger partial charge in [-0.15, -0.1) is 0 Å². The maximum Gasteiger partial charge on any atom is 0.284 e. The van der Waals surface area contributed by atoms with Gasteiger partial charge in [-0.25, -0.2) is 0 Å². The summed E-state index contributed by atoms with van der Waals surface area (Å²) in [6.07, 6.45) is 1.99. The predicted octanol–water partition coefficient (Wildman–Crippen LogP) is 1.82. The van der Waals surface area contributed by atoms with Gasteiger partial charge in [0, 0.05) is 28.4 Å². The Labute approximate surface area is 179 Å². The number of ketones is 1. The number of H-pyrrole nitrogens is 1. The third-order valence-corrected chi connectivity index (χ3v) is 5.73. The first-order chi connectivity index (χ1) is 14.2. The molecule has 2 aromatic heterocycles. The van der Waals surface area contributed by atoms with E-state index in [9.17, 15) is 4.79 Å². The summed E-state index contributed by atoms with van der Waals surface area (Å²) in [4.78, 5) is 16.6. The zero-order valence-electron chi connectivity index (χ0n) is 16.1. The second-order valence-corrected chi connectivity index (χ2v) is 7.29. The highest BCUT2D eigenvalue weighted by Crippen LogP contribution is 2.34. The molecule has 0 unspecified atom stereocenters. The molecule has 3 aromatic carbocycles. The van der Waals surface area contributed by atoms with E-state index < -0.39 is 0 Å². The summed E-state index contributed by atoms with van der Waals surface area (Å²) in [5, 5.41) is 2.16. The molecular weight excluding hydrogens is 396 g/mol. The molecule has 0 saturated heterocycles. The van der Waals surface area contributed by atoms with Gasteiger partial charge in [0.2, 0.25) is 5.69 Å². The highest BCUT2D eigenvalue weighted by molar-refractivity contribution is 6.20. The number of hydrogen-bond acceptors (Lipinski definition) is 2. The maximum atomic E-state index is 13.1. The Bertz CT molecular complexity index is 1470. The van der Waals surface area contributed by atoms with Crippen molar-refractivity contribution in [3.8, 4) is 22.6 Å². The molecule has 0 amide bonds. The van der Waals surface area contributed by atoms with Crippen molar-refractivity contribution in [1.29, 1.82) is 0 Å². The van der Waals surface area contributed by atoms with E-state index in [-0.39, 0.29) is 18.2 Å². The molecule has 1 aliphatic rings. The third kappa shape index (κ3) is 2.47. The van der Waals surface area contributed by atoms with Crippen LogP contribution >= 0.6 is 0 Å². The first-order valence-electron chi connectivity index (χ1n) is 9.53. The van der Waals surface area contributed by atoms with Crippen molar-refractivity contribution in [3.63, 3.8) is 0 Å². The number of carbonyl (C=O) groups excluding carboxylic acids is 1. The predicted molar refractivity (Wildman–Crippen MR) is 113 cm³/mol. The summed E-state index contributed by atoms with van der Waals surface area (Å²) < 4.78 is 7.35. The van der Waals surface area contributed by atoms with Crippen LogP contribution in [-0.4, -0.2) is 17.9 Å². The van der Waals surface area contributed by atoms with E-state index in [4.69, 9.17) is 4.74 Å². The van der Waals surface area contributed by atoms with Gasteiger partial charge in [-0.05, 0) is 41.5 Å². The molecule has 0 aliphatic carbocycles. The van der Waals surface area contributed by atoms with E-state index in [1.165, 1.54) is 0 Å². The Balaban J connectivity index is 0.00000193. The number of fused-ring (bicyclic) bond motifs is 7. The molecule has 0 saturated carbocycles. The van der Waals surface area contributed by atoms with Crippen molar-refractivity contribution in [2.75, 3.05) is 7.11 Å². The second-order valence-electron chi connectivity index (χ2n) is 7.29. The monoisotopic (exact) mass is 412 g/mol. The number of methoxy groups -OCH3 is 1. The minimum absolute atomic E-state index is 0. The molecule has 5 heteroatoms. The Kier molecular flexibility index (Phi) is 4.12. The van der Waals surface area contributed by atoms with Gasteiger partial charge in [-0.2, -0.15) is 4.57 Å². The number of carbonyl (C=O) groups is 1. The fourth-order valence-electron chi connectivity index (χ4n) is 4.33. The number of nitrogens with zero attached hydrogens (tertiary/aromatic N) is 1. The number of pyridine rings is 1. The quantitative estimate of drug-likeness (QED) is 0.441. The molecule has 1 aliphatic heterocycles. The number of aromatic nitrogens is 2. The van der Waals surface area contributed by atoms with Gasteiger partial charge >= 0.3 is 0 Å². The van der Waals surface area contributed by atoms with E-state index in [1.807, 2.05) is 53.2 Å². The maximum absolute atomic E-state index is 13.1. The van der Waals surface area contributed by atoms with Gasteiger partial charge < -0.3 is 22.1 Å². The van der Waals surface area contributed by atoms with Gasteiger partial charge in [-0.1, -0.05) is 30.3 Å². The number of ether oxygens (including phenoxy) is 1. The van der Waals surface area contributed by atoms with E-state index >= 15 is 0 Å². The molecule has 0 spiro atoms. The molecule has 0 bridgehead atoms. The fourth-order valence-corrected chi connectivity index (χ4v) is 4.33. The Morgan fingerprint density at radius 1 is 0.867 bits per heavy atom. The molecule has 0 atom stereocenters. The third-order valence-electron chi connectivity index (χ3n) is 5.73. The van der Waals surface area contributed by atoms with Crippen LogP contribution in [-0.2, 0) is 0 Å². The minimum Gasteiger partial charge on any atom is -1.00 e. The molecule has 146 valence electrons. The van der Waals surface area contributed by atoms with Crippen LogP contribution in [0.5, 0.6) is 5.75 Å². The van der Waals surface area contributed by atoms with Gasteiger partial charge in [0.25, 0.3) is 11.5 Å². The lowest BCUT2D eigenvalue weighted by Crippen LogP contribution is -3.00. The summed E-state index contributed by atoms with van der Waals surface area (Å²) in [5.41, 5.74) is 6.49. The zero-order chi connectivity index (χ0) is 19.5. The van der Waals surface area contributed by atoms with Crippen molar-refractivity contribution in [2.24, 2.45) is 0 Å². The van der Waals surface area contributed by atoms with Crippen molar-refractivity contribution >= 4 is 27.6 Å². The van der Waals surface area contributed by atoms with E-state index in [2.05, 4.69) is 35.3 Å². The average Bonchev–Trinajstić information content (AvgIpc) is 3.29. The van der Waals surface area contributed by atoms with Crippen LogP contribution in [0.2, 0.25) is 0 Å². The lowest BCUT2D eigenvalue weighted by molar-refractivity contribution is -0.592. The van der Waals surface area contributed by atoms with Crippen LogP contribution in [0, 0.1) is 0 Å². The zero-order valence-corrected chi connectivity index (χ0v) is 16.9. The lowest BCUT2D eigenvalue weighted by atomic mass is 10.0. The van der Waals surface area contributed by atoms with Crippen molar-refractivity contribution in [3.05, 3.63) is 90.3 Å². The molecule has 4 nitrogen and oxygen atoms in total. The molecule has 5 aromatic rings. The van der Waals surface area contributed by atoms with Crippen LogP contribution < -0.4 is 21.7 Å². The molecule has 6 rings (SSSR count). The van der Waals surface area contributed by atoms with E-state index in [0.717, 1.165) is 49.9 Å².